The molecule has 0 atom stereocenters. The highest BCUT2D eigenvalue weighted by Crippen LogP contribution is 2.44. The minimum absolute atomic E-state index is 0.214. The molecule has 0 aromatic carbocycles. The Bertz CT molecular complexity index is 440. The fourth-order valence-electron chi connectivity index (χ4n) is 2.48. The molecular formula is C12H17N3OS. The zero-order valence-electron chi connectivity index (χ0n) is 10.2. The number of anilines is 1. The second-order valence-corrected chi connectivity index (χ2v) is 5.60. The van der Waals surface area contributed by atoms with Gasteiger partial charge in [0.1, 0.15) is 11.4 Å². The Morgan fingerprint density at radius 2 is 2.12 bits per heavy atom. The van der Waals surface area contributed by atoms with E-state index in [1.807, 2.05) is 18.8 Å². The van der Waals surface area contributed by atoms with Crippen molar-refractivity contribution in [3.63, 3.8) is 0 Å². The maximum Gasteiger partial charge on any atom is 0.162 e. The predicted molar refractivity (Wildman–Crippen MR) is 69.1 cm³/mol. The summed E-state index contributed by atoms with van der Waals surface area (Å²) in [5.41, 5.74) is 2.24. The van der Waals surface area contributed by atoms with Gasteiger partial charge in [0.05, 0.1) is 5.69 Å². The highest BCUT2D eigenvalue weighted by Gasteiger charge is 2.42. The molecule has 5 heteroatoms. The molecule has 0 spiro atoms. The molecule has 1 fully saturated rings. The van der Waals surface area contributed by atoms with Gasteiger partial charge in [-0.15, -0.1) is 0 Å². The maximum absolute atomic E-state index is 5.66. The van der Waals surface area contributed by atoms with Crippen molar-refractivity contribution in [2.24, 2.45) is 0 Å². The molecule has 0 amide bonds. The minimum Gasteiger partial charge on any atom is -0.373 e. The van der Waals surface area contributed by atoms with Crippen LogP contribution in [0.25, 0.3) is 0 Å². The van der Waals surface area contributed by atoms with Gasteiger partial charge in [0.15, 0.2) is 5.82 Å². The normalized spacial score (nSPS) is 20.8. The van der Waals surface area contributed by atoms with Crippen LogP contribution in [-0.4, -0.2) is 24.1 Å². The van der Waals surface area contributed by atoms with Crippen molar-refractivity contribution in [2.75, 3.05) is 19.5 Å². The molecule has 0 radical (unpaired) electrons. The van der Waals surface area contributed by atoms with Gasteiger partial charge < -0.3 is 10.1 Å². The van der Waals surface area contributed by atoms with Crippen molar-refractivity contribution in [1.29, 1.82) is 0 Å². The smallest absolute Gasteiger partial charge is 0.162 e. The number of aromatic nitrogens is 2. The SMILES string of the molecule is CNc1nc(C2(OC)CCC2)nc2c1CSC2. The lowest BCUT2D eigenvalue weighted by molar-refractivity contribution is -0.0846. The van der Waals surface area contributed by atoms with E-state index in [4.69, 9.17) is 9.72 Å². The average molecular weight is 251 g/mol. The lowest BCUT2D eigenvalue weighted by Crippen LogP contribution is -2.38. The molecule has 4 nitrogen and oxygen atoms in total. The Morgan fingerprint density at radius 1 is 1.29 bits per heavy atom. The summed E-state index contributed by atoms with van der Waals surface area (Å²) in [7, 11) is 3.69. The number of methoxy groups -OCH3 is 1. The summed E-state index contributed by atoms with van der Waals surface area (Å²) in [5.74, 6) is 3.88. The number of fused-ring (bicyclic) bond motifs is 1. The molecule has 92 valence electrons. The number of hydrogen-bond donors (Lipinski definition) is 1. The van der Waals surface area contributed by atoms with E-state index in [1.54, 1.807) is 7.11 Å². The van der Waals surface area contributed by atoms with Gasteiger partial charge in [-0.3, -0.25) is 0 Å². The third-order valence-electron chi connectivity index (χ3n) is 3.77. The first-order valence-electron chi connectivity index (χ1n) is 6.00. The van der Waals surface area contributed by atoms with Crippen molar-refractivity contribution in [1.82, 2.24) is 9.97 Å². The van der Waals surface area contributed by atoms with Gasteiger partial charge in [0.25, 0.3) is 0 Å². The molecule has 1 aliphatic carbocycles. The van der Waals surface area contributed by atoms with Gasteiger partial charge >= 0.3 is 0 Å². The van der Waals surface area contributed by atoms with Crippen LogP contribution in [0.2, 0.25) is 0 Å². The Hall–Kier alpha value is -0.810. The van der Waals surface area contributed by atoms with Crippen molar-refractivity contribution in [3.8, 4) is 0 Å². The second kappa shape index (κ2) is 4.14. The molecule has 1 aliphatic heterocycles. The third kappa shape index (κ3) is 1.64. The summed E-state index contributed by atoms with van der Waals surface area (Å²) >= 11 is 1.90. The van der Waals surface area contributed by atoms with Gasteiger partial charge in [-0.25, -0.2) is 9.97 Å². The molecule has 3 rings (SSSR count). The molecule has 1 aromatic heterocycles. The lowest BCUT2D eigenvalue weighted by atomic mass is 9.79. The van der Waals surface area contributed by atoms with Crippen molar-refractivity contribution in [2.45, 2.75) is 36.4 Å². The van der Waals surface area contributed by atoms with Crippen molar-refractivity contribution in [3.05, 3.63) is 17.1 Å². The Kier molecular flexibility index (Phi) is 2.75. The second-order valence-electron chi connectivity index (χ2n) is 4.62. The Morgan fingerprint density at radius 3 is 2.71 bits per heavy atom. The summed E-state index contributed by atoms with van der Waals surface area (Å²) < 4.78 is 5.66. The van der Waals surface area contributed by atoms with Crippen molar-refractivity contribution < 1.29 is 4.74 Å². The molecule has 1 N–H and O–H groups in total. The van der Waals surface area contributed by atoms with E-state index in [1.165, 1.54) is 17.7 Å². The lowest BCUT2D eigenvalue weighted by Gasteiger charge is -2.39. The monoisotopic (exact) mass is 251 g/mol. The Balaban J connectivity index is 2.06. The van der Waals surface area contributed by atoms with E-state index in [-0.39, 0.29) is 5.60 Å². The summed E-state index contributed by atoms with van der Waals surface area (Å²) in [6.45, 7) is 0. The number of nitrogens with one attached hydrogen (secondary N) is 1. The summed E-state index contributed by atoms with van der Waals surface area (Å²) in [6, 6.07) is 0. The molecule has 1 aromatic rings. The molecule has 0 bridgehead atoms. The van der Waals surface area contributed by atoms with E-state index >= 15 is 0 Å². The largest absolute Gasteiger partial charge is 0.373 e. The first kappa shape index (κ1) is 11.3. The fraction of sp³-hybridized carbons (Fsp3) is 0.667. The van der Waals surface area contributed by atoms with Gasteiger partial charge in [-0.2, -0.15) is 11.8 Å². The van der Waals surface area contributed by atoms with Crippen LogP contribution in [0, 0.1) is 0 Å². The van der Waals surface area contributed by atoms with Crippen molar-refractivity contribution >= 4 is 17.6 Å². The van der Waals surface area contributed by atoms with E-state index in [0.717, 1.165) is 36.0 Å². The fourth-order valence-corrected chi connectivity index (χ4v) is 3.52. The molecule has 17 heavy (non-hydrogen) atoms. The van der Waals surface area contributed by atoms with Gasteiger partial charge in [0, 0.05) is 31.2 Å². The topological polar surface area (TPSA) is 47.0 Å². The summed E-state index contributed by atoms with van der Waals surface area (Å²) in [4.78, 5) is 9.40. The summed E-state index contributed by atoms with van der Waals surface area (Å²) in [6.07, 6.45) is 3.29. The molecule has 1 saturated carbocycles. The third-order valence-corrected chi connectivity index (χ3v) is 4.74. The van der Waals surface area contributed by atoms with Crippen LogP contribution in [0.1, 0.15) is 36.3 Å². The first-order valence-corrected chi connectivity index (χ1v) is 7.15. The van der Waals surface area contributed by atoms with E-state index < -0.39 is 0 Å². The predicted octanol–water partition coefficient (Wildman–Crippen LogP) is 2.29. The minimum atomic E-state index is -0.214. The molecular weight excluding hydrogens is 234 g/mol. The highest BCUT2D eigenvalue weighted by atomic mass is 32.2. The standard InChI is InChI=1S/C12H17N3OS/c1-13-10-8-6-17-7-9(8)14-11(15-10)12(16-2)4-3-5-12/h3-7H2,1-2H3,(H,13,14,15). The van der Waals surface area contributed by atoms with E-state index in [0.29, 0.717) is 0 Å². The van der Waals surface area contributed by atoms with Crippen LogP contribution in [0.15, 0.2) is 0 Å². The number of thioether (sulfide) groups is 1. The van der Waals surface area contributed by atoms with Gasteiger partial charge in [0.2, 0.25) is 0 Å². The van der Waals surface area contributed by atoms with Crippen LogP contribution >= 0.6 is 11.8 Å². The van der Waals surface area contributed by atoms with Crippen LogP contribution in [0.5, 0.6) is 0 Å². The number of hydrogen-bond acceptors (Lipinski definition) is 5. The number of rotatable bonds is 3. The number of nitrogens with zero attached hydrogens (tertiary/aromatic N) is 2. The van der Waals surface area contributed by atoms with Crippen LogP contribution in [0.3, 0.4) is 0 Å². The van der Waals surface area contributed by atoms with E-state index in [9.17, 15) is 0 Å². The zero-order chi connectivity index (χ0) is 11.9. The first-order chi connectivity index (χ1) is 8.29. The summed E-state index contributed by atoms with van der Waals surface area (Å²) in [5, 5.41) is 3.19. The molecule has 0 unspecified atom stereocenters. The highest BCUT2D eigenvalue weighted by molar-refractivity contribution is 7.98. The molecule has 2 aliphatic rings. The van der Waals surface area contributed by atoms with Gasteiger partial charge in [-0.1, -0.05) is 0 Å². The zero-order valence-corrected chi connectivity index (χ0v) is 11.1. The molecule has 2 heterocycles. The maximum atomic E-state index is 5.66. The van der Waals surface area contributed by atoms with Crippen LogP contribution in [0.4, 0.5) is 5.82 Å². The van der Waals surface area contributed by atoms with E-state index in [2.05, 4.69) is 10.3 Å². The van der Waals surface area contributed by atoms with Crippen LogP contribution < -0.4 is 5.32 Å². The average Bonchev–Trinajstić information content (AvgIpc) is 2.75. The Labute approximate surface area is 106 Å². The molecule has 0 saturated heterocycles. The number of ether oxygens (including phenoxy) is 1. The van der Waals surface area contributed by atoms with Gasteiger partial charge in [-0.05, 0) is 19.3 Å². The van der Waals surface area contributed by atoms with Crippen LogP contribution in [-0.2, 0) is 21.8 Å². The quantitative estimate of drug-likeness (QED) is 0.893.